The molecule has 0 aliphatic heterocycles. The maximum atomic E-state index is 4.28. The van der Waals surface area contributed by atoms with Crippen LogP contribution in [0.1, 0.15) is 5.56 Å². The largest absolute Gasteiger partial charge is 0.175 e. The number of thiol groups is 1. The average Bonchev–Trinajstić information content (AvgIpc) is 2.16. The summed E-state index contributed by atoms with van der Waals surface area (Å²) >= 11 is 7.84. The Morgan fingerprint density at radius 3 is 2.50 bits per heavy atom. The molecule has 0 radical (unpaired) electrons. The minimum absolute atomic E-state index is 0.824. The van der Waals surface area contributed by atoms with Crippen LogP contribution in [0.15, 0.2) is 28.0 Å². The highest BCUT2D eigenvalue weighted by molar-refractivity contribution is 7.99. The fourth-order valence-corrected chi connectivity index (χ4v) is 2.53. The molecular weight excluding hydrogens is 204 g/mol. The van der Waals surface area contributed by atoms with E-state index in [0.717, 1.165) is 5.75 Å². The van der Waals surface area contributed by atoms with Gasteiger partial charge in [-0.3, -0.25) is 0 Å². The van der Waals surface area contributed by atoms with Gasteiger partial charge in [0.25, 0.3) is 0 Å². The minimum Gasteiger partial charge on any atom is -0.175 e. The summed E-state index contributed by atoms with van der Waals surface area (Å²) in [6, 6.07) is 6.53. The lowest BCUT2D eigenvalue weighted by Crippen LogP contribution is -1.83. The molecule has 0 N–H and O–H groups in total. The van der Waals surface area contributed by atoms with Crippen molar-refractivity contribution in [2.75, 3.05) is 12.5 Å². The van der Waals surface area contributed by atoms with Gasteiger partial charge in [0.05, 0.1) is 0 Å². The molecule has 0 unspecified atom stereocenters. The molecule has 0 bridgehead atoms. The smallest absolute Gasteiger partial charge is 0.0165 e. The molecule has 0 nitrogen and oxygen atoms in total. The summed E-state index contributed by atoms with van der Waals surface area (Å²) < 4.78 is 0. The van der Waals surface area contributed by atoms with Gasteiger partial charge in [-0.05, 0) is 30.2 Å². The summed E-state index contributed by atoms with van der Waals surface area (Å²) in [6.45, 7) is 0. The summed E-state index contributed by atoms with van der Waals surface area (Å²) in [6.07, 6.45) is 4.20. The van der Waals surface area contributed by atoms with E-state index in [1.54, 1.807) is 23.5 Å². The van der Waals surface area contributed by atoms with E-state index >= 15 is 0 Å². The maximum Gasteiger partial charge on any atom is 0.0165 e. The van der Waals surface area contributed by atoms with Crippen LogP contribution in [-0.2, 0) is 5.75 Å². The van der Waals surface area contributed by atoms with Crippen molar-refractivity contribution in [2.24, 2.45) is 0 Å². The van der Waals surface area contributed by atoms with Crippen molar-refractivity contribution in [3.05, 3.63) is 23.8 Å². The molecule has 0 saturated heterocycles. The lowest BCUT2D eigenvalue weighted by molar-refractivity contribution is 1.22. The molecule has 0 aliphatic carbocycles. The molecule has 1 aromatic carbocycles. The molecule has 0 saturated carbocycles. The first-order valence-electron chi connectivity index (χ1n) is 3.63. The van der Waals surface area contributed by atoms with E-state index in [2.05, 4.69) is 43.3 Å². The van der Waals surface area contributed by atoms with E-state index < -0.39 is 0 Å². The molecule has 0 atom stereocenters. The fraction of sp³-hybridized carbons (Fsp3) is 0.333. The van der Waals surface area contributed by atoms with Crippen LogP contribution in [0.2, 0.25) is 0 Å². The van der Waals surface area contributed by atoms with E-state index in [-0.39, 0.29) is 0 Å². The molecule has 0 aliphatic rings. The Balaban J connectivity index is 3.02. The predicted octanol–water partition coefficient (Wildman–Crippen LogP) is 3.56. The molecule has 0 spiro atoms. The summed E-state index contributed by atoms with van der Waals surface area (Å²) in [5, 5.41) is 0. The number of benzene rings is 1. The zero-order chi connectivity index (χ0) is 8.97. The van der Waals surface area contributed by atoms with Gasteiger partial charge in [-0.2, -0.15) is 12.6 Å². The zero-order valence-corrected chi connectivity index (χ0v) is 9.73. The molecule has 66 valence electrons. The van der Waals surface area contributed by atoms with Gasteiger partial charge in [-0.25, -0.2) is 0 Å². The standard InChI is InChI=1S/C9H12S3/c1-11-8-4-3-7(6-10)9(5-8)12-2/h3-5,10H,6H2,1-2H3. The second-order valence-electron chi connectivity index (χ2n) is 2.34. The monoisotopic (exact) mass is 216 g/mol. The van der Waals surface area contributed by atoms with Crippen LogP contribution in [0.4, 0.5) is 0 Å². The van der Waals surface area contributed by atoms with Crippen molar-refractivity contribution in [2.45, 2.75) is 15.5 Å². The van der Waals surface area contributed by atoms with Gasteiger partial charge in [0.15, 0.2) is 0 Å². The Morgan fingerprint density at radius 1 is 1.25 bits per heavy atom. The molecule has 12 heavy (non-hydrogen) atoms. The molecular formula is C9H12S3. The number of rotatable bonds is 3. The van der Waals surface area contributed by atoms with Gasteiger partial charge < -0.3 is 0 Å². The van der Waals surface area contributed by atoms with Crippen LogP contribution in [0, 0.1) is 0 Å². The Morgan fingerprint density at radius 2 is 2.00 bits per heavy atom. The highest BCUT2D eigenvalue weighted by atomic mass is 32.2. The van der Waals surface area contributed by atoms with Crippen LogP contribution in [0.3, 0.4) is 0 Å². The van der Waals surface area contributed by atoms with E-state index in [1.807, 2.05) is 0 Å². The Hall–Kier alpha value is 0.270. The quantitative estimate of drug-likeness (QED) is 0.606. The molecule has 0 heterocycles. The zero-order valence-electron chi connectivity index (χ0n) is 7.20. The number of hydrogen-bond acceptors (Lipinski definition) is 3. The van der Waals surface area contributed by atoms with Crippen LogP contribution < -0.4 is 0 Å². The van der Waals surface area contributed by atoms with Crippen molar-refractivity contribution in [3.8, 4) is 0 Å². The Kier molecular flexibility index (Phi) is 4.40. The number of hydrogen-bond donors (Lipinski definition) is 1. The highest BCUT2D eigenvalue weighted by Gasteiger charge is 2.00. The van der Waals surface area contributed by atoms with Crippen molar-refractivity contribution in [1.82, 2.24) is 0 Å². The average molecular weight is 216 g/mol. The third-order valence-electron chi connectivity index (χ3n) is 1.66. The van der Waals surface area contributed by atoms with E-state index in [9.17, 15) is 0 Å². The topological polar surface area (TPSA) is 0 Å². The third kappa shape index (κ3) is 2.38. The molecule has 1 rings (SSSR count). The van der Waals surface area contributed by atoms with Crippen LogP contribution in [-0.4, -0.2) is 12.5 Å². The molecule has 1 aromatic rings. The lowest BCUT2D eigenvalue weighted by Gasteiger charge is -2.05. The second-order valence-corrected chi connectivity index (χ2v) is 4.38. The number of thioether (sulfide) groups is 2. The van der Waals surface area contributed by atoms with Crippen molar-refractivity contribution in [3.63, 3.8) is 0 Å². The fourth-order valence-electron chi connectivity index (χ4n) is 0.982. The molecule has 3 heteroatoms. The van der Waals surface area contributed by atoms with Gasteiger partial charge in [-0.15, -0.1) is 23.5 Å². The lowest BCUT2D eigenvalue weighted by atomic mass is 10.2. The second kappa shape index (κ2) is 5.10. The molecule has 0 fully saturated rings. The van der Waals surface area contributed by atoms with Crippen molar-refractivity contribution in [1.29, 1.82) is 0 Å². The highest BCUT2D eigenvalue weighted by Crippen LogP contribution is 2.26. The van der Waals surface area contributed by atoms with Crippen LogP contribution in [0.5, 0.6) is 0 Å². The van der Waals surface area contributed by atoms with Gasteiger partial charge in [-0.1, -0.05) is 6.07 Å². The first-order chi connectivity index (χ1) is 5.81. The van der Waals surface area contributed by atoms with Gasteiger partial charge in [0.2, 0.25) is 0 Å². The third-order valence-corrected chi connectivity index (χ3v) is 3.55. The predicted molar refractivity (Wildman–Crippen MR) is 62.7 cm³/mol. The first-order valence-corrected chi connectivity index (χ1v) is 6.71. The minimum atomic E-state index is 0.824. The van der Waals surface area contributed by atoms with Gasteiger partial charge >= 0.3 is 0 Å². The normalized spacial score (nSPS) is 10.2. The van der Waals surface area contributed by atoms with Crippen molar-refractivity contribution < 1.29 is 0 Å². The van der Waals surface area contributed by atoms with Gasteiger partial charge in [0.1, 0.15) is 0 Å². The van der Waals surface area contributed by atoms with E-state index in [0.29, 0.717) is 0 Å². The Bertz CT molecular complexity index is 258. The maximum absolute atomic E-state index is 4.28. The van der Waals surface area contributed by atoms with E-state index in [1.165, 1.54) is 15.4 Å². The first kappa shape index (κ1) is 10.4. The van der Waals surface area contributed by atoms with Crippen LogP contribution >= 0.6 is 36.2 Å². The SMILES string of the molecule is CSc1ccc(CS)c(SC)c1. The summed E-state index contributed by atoms with van der Waals surface area (Å²) in [5.41, 5.74) is 1.32. The van der Waals surface area contributed by atoms with E-state index in [4.69, 9.17) is 0 Å². The van der Waals surface area contributed by atoms with Gasteiger partial charge in [0, 0.05) is 15.5 Å². The molecule has 0 aromatic heterocycles. The summed E-state index contributed by atoms with van der Waals surface area (Å²) in [5.74, 6) is 0.824. The summed E-state index contributed by atoms with van der Waals surface area (Å²) in [4.78, 5) is 2.67. The van der Waals surface area contributed by atoms with Crippen LogP contribution in [0.25, 0.3) is 0 Å². The van der Waals surface area contributed by atoms with Crippen molar-refractivity contribution >= 4 is 36.2 Å². The summed E-state index contributed by atoms with van der Waals surface area (Å²) in [7, 11) is 0. The molecule has 0 amide bonds. The Labute approximate surface area is 87.9 Å².